The number of amides is 1. The third kappa shape index (κ3) is 7.53. The quantitative estimate of drug-likeness (QED) is 0.0763. The highest BCUT2D eigenvalue weighted by molar-refractivity contribution is 7.87. The minimum Gasteiger partial charge on any atom is -0.497 e. The first kappa shape index (κ1) is 38.4. The summed E-state index contributed by atoms with van der Waals surface area (Å²) in [6, 6.07) is 31.7. The number of benzene rings is 4. The number of ether oxygens (including phenoxy) is 4. The lowest BCUT2D eigenvalue weighted by atomic mass is 9.80. The summed E-state index contributed by atoms with van der Waals surface area (Å²) in [7, 11) is -3.03. The van der Waals surface area contributed by atoms with Gasteiger partial charge in [-0.2, -0.15) is 21.6 Å². The number of hydrogen-bond donors (Lipinski definition) is 1. The molecule has 1 N–H and O–H groups in total. The first-order valence-corrected chi connectivity index (χ1v) is 18.5. The van der Waals surface area contributed by atoms with Gasteiger partial charge in [0.2, 0.25) is 0 Å². The fraction of sp³-hybridized carbons (Fsp3) is 0.231. The molecule has 0 radical (unpaired) electrons. The van der Waals surface area contributed by atoms with E-state index in [2.05, 4.69) is 20.3 Å². The molecule has 290 valence electrons. The van der Waals surface area contributed by atoms with Gasteiger partial charge in [0.1, 0.15) is 41.9 Å². The van der Waals surface area contributed by atoms with Crippen molar-refractivity contribution in [3.8, 4) is 11.5 Å². The molecule has 1 aliphatic heterocycles. The Bertz CT molecular complexity index is 2350. The van der Waals surface area contributed by atoms with E-state index >= 15 is 0 Å². The normalized spacial score (nSPS) is 17.5. The highest BCUT2D eigenvalue weighted by Crippen LogP contribution is 2.44. The SMILES string of the molecule is COc1ccc(C(OC[C@H]2O[C@@H](n3cnc4c(NC(=O)c5ccccc5)ncnc43)C[C@@H]2OS(=O)(=O)C(F)(F)F)(c2ccccc2)c2ccc(OC)cc2)cc1. The summed E-state index contributed by atoms with van der Waals surface area (Å²) in [5, 5.41) is 2.70. The van der Waals surface area contributed by atoms with Crippen LogP contribution < -0.4 is 14.8 Å². The van der Waals surface area contributed by atoms with Crippen LogP contribution in [0.15, 0.2) is 122 Å². The van der Waals surface area contributed by atoms with Crippen molar-refractivity contribution in [2.75, 3.05) is 26.1 Å². The van der Waals surface area contributed by atoms with E-state index in [0.717, 1.165) is 0 Å². The average Bonchev–Trinajstić information content (AvgIpc) is 3.83. The Labute approximate surface area is 319 Å². The molecule has 0 spiro atoms. The Hall–Kier alpha value is -5.88. The predicted octanol–water partition coefficient (Wildman–Crippen LogP) is 6.63. The molecule has 0 unspecified atom stereocenters. The molecule has 0 aliphatic carbocycles. The zero-order valence-corrected chi connectivity index (χ0v) is 30.6. The van der Waals surface area contributed by atoms with Crippen LogP contribution in [-0.4, -0.2) is 72.4 Å². The molecular formula is C39H34F3N5O8S. The highest BCUT2D eigenvalue weighted by atomic mass is 32.2. The number of fused-ring (bicyclic) bond motifs is 1. The van der Waals surface area contributed by atoms with Gasteiger partial charge in [-0.3, -0.25) is 13.5 Å². The van der Waals surface area contributed by atoms with Gasteiger partial charge in [-0.1, -0.05) is 72.8 Å². The van der Waals surface area contributed by atoms with Crippen molar-refractivity contribution < 1.29 is 49.5 Å². The summed E-state index contributed by atoms with van der Waals surface area (Å²) < 4.78 is 96.4. The van der Waals surface area contributed by atoms with E-state index in [-0.39, 0.29) is 23.4 Å². The third-order valence-corrected chi connectivity index (χ3v) is 10.4. The van der Waals surface area contributed by atoms with Crippen LogP contribution in [0.4, 0.5) is 19.0 Å². The Kier molecular flexibility index (Phi) is 10.8. The van der Waals surface area contributed by atoms with E-state index in [1.54, 1.807) is 78.9 Å². The monoisotopic (exact) mass is 789 g/mol. The van der Waals surface area contributed by atoms with Crippen LogP contribution >= 0.6 is 0 Å². The van der Waals surface area contributed by atoms with Crippen molar-refractivity contribution >= 4 is 33.0 Å². The lowest BCUT2D eigenvalue weighted by molar-refractivity contribution is -0.0949. The maximum Gasteiger partial charge on any atom is 0.523 e. The Morgan fingerprint density at radius 2 is 1.39 bits per heavy atom. The van der Waals surface area contributed by atoms with Crippen LogP contribution in [0, 0.1) is 0 Å². The van der Waals surface area contributed by atoms with Gasteiger partial charge in [-0.05, 0) is 53.1 Å². The molecule has 1 saturated heterocycles. The number of aromatic nitrogens is 4. The number of carbonyl (C=O) groups excluding carboxylic acids is 1. The number of nitrogens with one attached hydrogen (secondary N) is 1. The molecule has 17 heteroatoms. The molecule has 1 fully saturated rings. The number of imidazole rings is 1. The van der Waals surface area contributed by atoms with E-state index < -0.39 is 52.2 Å². The van der Waals surface area contributed by atoms with Crippen LogP contribution in [-0.2, 0) is 29.4 Å². The molecule has 6 aromatic rings. The minimum absolute atomic E-state index is 0.0690. The first-order chi connectivity index (χ1) is 26.9. The summed E-state index contributed by atoms with van der Waals surface area (Å²) in [6.07, 6.45) is -2.09. The van der Waals surface area contributed by atoms with E-state index in [1.165, 1.54) is 31.4 Å². The number of rotatable bonds is 13. The Morgan fingerprint density at radius 1 is 0.821 bits per heavy atom. The Morgan fingerprint density at radius 3 is 1.96 bits per heavy atom. The van der Waals surface area contributed by atoms with Gasteiger partial charge in [0, 0.05) is 12.0 Å². The second kappa shape index (κ2) is 15.7. The predicted molar refractivity (Wildman–Crippen MR) is 196 cm³/mol. The largest absolute Gasteiger partial charge is 0.523 e. The van der Waals surface area contributed by atoms with Gasteiger partial charge in [0.25, 0.3) is 5.91 Å². The zero-order valence-electron chi connectivity index (χ0n) is 29.8. The maximum atomic E-state index is 13.8. The smallest absolute Gasteiger partial charge is 0.497 e. The summed E-state index contributed by atoms with van der Waals surface area (Å²) in [5.74, 6) is 0.741. The van der Waals surface area contributed by atoms with Gasteiger partial charge in [0.15, 0.2) is 17.0 Å². The maximum absolute atomic E-state index is 13.8. The second-order valence-corrected chi connectivity index (χ2v) is 14.1. The molecule has 3 heterocycles. The van der Waals surface area contributed by atoms with Crippen molar-refractivity contribution in [3.05, 3.63) is 144 Å². The van der Waals surface area contributed by atoms with Gasteiger partial charge in [-0.25, -0.2) is 15.0 Å². The van der Waals surface area contributed by atoms with Crippen LogP contribution in [0.1, 0.15) is 39.7 Å². The van der Waals surface area contributed by atoms with E-state index in [9.17, 15) is 26.4 Å². The molecule has 3 atom stereocenters. The van der Waals surface area contributed by atoms with Crippen LogP contribution in [0.3, 0.4) is 0 Å². The first-order valence-electron chi connectivity index (χ1n) is 17.1. The summed E-state index contributed by atoms with van der Waals surface area (Å²) in [5.41, 5.74) is -4.58. The third-order valence-electron chi connectivity index (χ3n) is 9.29. The van der Waals surface area contributed by atoms with Crippen molar-refractivity contribution in [2.24, 2.45) is 0 Å². The van der Waals surface area contributed by atoms with E-state index in [1.807, 2.05) is 30.3 Å². The molecule has 2 aromatic heterocycles. The molecule has 7 rings (SSSR count). The van der Waals surface area contributed by atoms with Crippen molar-refractivity contribution in [1.29, 1.82) is 0 Å². The van der Waals surface area contributed by atoms with Crippen LogP contribution in [0.5, 0.6) is 11.5 Å². The Balaban J connectivity index is 1.26. The van der Waals surface area contributed by atoms with Crippen molar-refractivity contribution in [1.82, 2.24) is 19.5 Å². The fourth-order valence-corrected chi connectivity index (χ4v) is 7.18. The second-order valence-electron chi connectivity index (χ2n) is 12.6. The number of anilines is 1. The average molecular weight is 790 g/mol. The van der Waals surface area contributed by atoms with Gasteiger partial charge in [0.05, 0.1) is 27.2 Å². The van der Waals surface area contributed by atoms with Gasteiger partial charge in [-0.15, -0.1) is 0 Å². The van der Waals surface area contributed by atoms with Crippen molar-refractivity contribution in [2.45, 2.75) is 36.0 Å². The lowest BCUT2D eigenvalue weighted by Crippen LogP contribution is -2.40. The molecular weight excluding hydrogens is 756 g/mol. The zero-order chi connectivity index (χ0) is 39.5. The summed E-state index contributed by atoms with van der Waals surface area (Å²) in [6.45, 7) is -0.457. The molecule has 0 saturated carbocycles. The molecule has 1 aliphatic rings. The van der Waals surface area contributed by atoms with Gasteiger partial charge < -0.3 is 24.3 Å². The summed E-state index contributed by atoms with van der Waals surface area (Å²) in [4.78, 5) is 25.7. The van der Waals surface area contributed by atoms with Crippen molar-refractivity contribution in [3.63, 3.8) is 0 Å². The molecule has 1 amide bonds. The molecule has 56 heavy (non-hydrogen) atoms. The minimum atomic E-state index is -6.08. The summed E-state index contributed by atoms with van der Waals surface area (Å²) >= 11 is 0. The molecule has 0 bridgehead atoms. The topological polar surface area (TPSA) is 153 Å². The van der Waals surface area contributed by atoms with E-state index in [0.29, 0.717) is 33.8 Å². The molecule has 13 nitrogen and oxygen atoms in total. The molecule has 4 aromatic carbocycles. The fourth-order valence-electron chi connectivity index (χ4n) is 6.54. The number of methoxy groups -OCH3 is 2. The van der Waals surface area contributed by atoms with Crippen LogP contribution in [0.2, 0.25) is 0 Å². The van der Waals surface area contributed by atoms with E-state index in [4.69, 9.17) is 23.1 Å². The number of hydrogen-bond acceptors (Lipinski definition) is 11. The number of halogens is 3. The van der Waals surface area contributed by atoms with Crippen LogP contribution in [0.25, 0.3) is 11.2 Å². The highest BCUT2D eigenvalue weighted by Gasteiger charge is 2.52. The standard InChI is InChI=1S/C39H34F3N5O8S/c1-51-29-17-13-27(14-18-29)38(26-11-7-4-8-12-26,28-15-19-30(52-2)20-16-28)53-22-32-31(55-56(49,50)39(40,41)42)21-33(54-32)47-24-45-34-35(43-23-44-36(34)47)46-37(48)25-9-5-3-6-10-25/h3-20,23-24,31-33H,21-22H2,1-2H3,(H,43,44,46,48)/t31-,32+,33+/m0/s1. The lowest BCUT2D eigenvalue weighted by Gasteiger charge is -2.37. The number of alkyl halides is 3. The van der Waals surface area contributed by atoms with Gasteiger partial charge >= 0.3 is 15.6 Å². The number of carbonyl (C=O) groups is 1. The number of nitrogens with zero attached hydrogens (tertiary/aromatic N) is 4.